The highest BCUT2D eigenvalue weighted by Gasteiger charge is 2.08. The average Bonchev–Trinajstić information content (AvgIpc) is 2.91. The molecule has 0 aliphatic carbocycles. The monoisotopic (exact) mass is 319 g/mol. The molecule has 0 saturated heterocycles. The first-order chi connectivity index (χ1) is 10.5. The van der Waals surface area contributed by atoms with E-state index in [1.165, 1.54) is 6.20 Å². The van der Waals surface area contributed by atoms with Gasteiger partial charge in [0.2, 0.25) is 0 Å². The number of rotatable bonds is 7. The molecule has 0 saturated carbocycles. The molecule has 1 amide bonds. The smallest absolute Gasteiger partial charge is 0.304 e. The minimum absolute atomic E-state index is 0.155. The minimum atomic E-state index is -0.787. The first kappa shape index (κ1) is 16.1. The lowest BCUT2D eigenvalue weighted by molar-refractivity contribution is -0.136. The summed E-state index contributed by atoms with van der Waals surface area (Å²) in [6.45, 7) is 0. The van der Waals surface area contributed by atoms with Gasteiger partial charge in [0, 0.05) is 30.4 Å². The molecule has 2 N–H and O–H groups in total. The quantitative estimate of drug-likeness (QED) is 0.766. The minimum Gasteiger partial charge on any atom is -0.481 e. The van der Waals surface area contributed by atoms with Gasteiger partial charge in [0.25, 0.3) is 5.91 Å². The normalized spacial score (nSPS) is 10.4. The fraction of sp³-hybridized carbons (Fsp3) is 0.267. The number of aromatic nitrogens is 2. The van der Waals surface area contributed by atoms with Crippen LogP contribution in [0.15, 0.2) is 36.7 Å². The van der Waals surface area contributed by atoms with Crippen LogP contribution in [0.3, 0.4) is 0 Å². The van der Waals surface area contributed by atoms with Gasteiger partial charge >= 0.3 is 5.97 Å². The fourth-order valence-electron chi connectivity index (χ4n) is 1.83. The molecule has 2 aromatic rings. The van der Waals surface area contributed by atoms with E-state index < -0.39 is 5.97 Å². The molecule has 7 heteroatoms. The lowest BCUT2D eigenvalue weighted by Crippen LogP contribution is -2.11. The number of carboxylic acid groups (broad SMARTS) is 1. The number of carbonyl (C=O) groups excluding carboxylic acids is 1. The summed E-state index contributed by atoms with van der Waals surface area (Å²) in [6.07, 6.45) is 3.32. The molecule has 116 valence electrons. The Morgan fingerprint density at radius 2 is 2.23 bits per heavy atom. The first-order valence-corrected chi connectivity index (χ1v) is 7.88. The van der Waals surface area contributed by atoms with Crippen molar-refractivity contribution in [3.63, 3.8) is 0 Å². The first-order valence-electron chi connectivity index (χ1n) is 6.73. The molecule has 0 spiro atoms. The summed E-state index contributed by atoms with van der Waals surface area (Å²) in [4.78, 5) is 22.5. The number of hydrogen-bond donors (Lipinski definition) is 2. The third-order valence-electron chi connectivity index (χ3n) is 2.88. The summed E-state index contributed by atoms with van der Waals surface area (Å²) in [5, 5.41) is 15.4. The van der Waals surface area contributed by atoms with Crippen LogP contribution in [0.4, 0.5) is 5.69 Å². The largest absolute Gasteiger partial charge is 0.481 e. The van der Waals surface area contributed by atoms with Gasteiger partial charge in [-0.25, -0.2) is 0 Å². The standard InChI is InChI=1S/C15H17N3O3S/c1-18-9-12(8-16-18)15(21)17-13-4-2-3-11(7-13)10-22-6-5-14(19)20/h2-4,7-9H,5-6,10H2,1H3,(H,17,21)(H,19,20). The summed E-state index contributed by atoms with van der Waals surface area (Å²) < 4.78 is 1.57. The van der Waals surface area contributed by atoms with Crippen molar-refractivity contribution < 1.29 is 14.7 Å². The van der Waals surface area contributed by atoms with Gasteiger partial charge in [-0.1, -0.05) is 12.1 Å². The molecule has 0 unspecified atom stereocenters. The third-order valence-corrected chi connectivity index (χ3v) is 3.91. The Hall–Kier alpha value is -2.28. The number of amides is 1. The van der Waals surface area contributed by atoms with E-state index in [4.69, 9.17) is 5.11 Å². The zero-order valence-electron chi connectivity index (χ0n) is 12.2. The van der Waals surface area contributed by atoms with Crippen LogP contribution in [0.25, 0.3) is 0 Å². The van der Waals surface area contributed by atoms with Crippen molar-refractivity contribution in [3.8, 4) is 0 Å². The second-order valence-electron chi connectivity index (χ2n) is 4.75. The molecule has 2 rings (SSSR count). The van der Waals surface area contributed by atoms with E-state index in [2.05, 4.69) is 10.4 Å². The SMILES string of the molecule is Cn1cc(C(=O)Nc2cccc(CSCCC(=O)O)c2)cn1. The lowest BCUT2D eigenvalue weighted by atomic mass is 10.2. The van der Waals surface area contributed by atoms with Gasteiger partial charge in [-0.2, -0.15) is 16.9 Å². The van der Waals surface area contributed by atoms with E-state index in [1.54, 1.807) is 29.7 Å². The molecule has 0 aliphatic heterocycles. The topological polar surface area (TPSA) is 84.2 Å². The number of nitrogens with one attached hydrogen (secondary N) is 1. The fourth-order valence-corrected chi connectivity index (χ4v) is 2.71. The number of aliphatic carboxylic acids is 1. The van der Waals surface area contributed by atoms with Crippen LogP contribution >= 0.6 is 11.8 Å². The number of carbonyl (C=O) groups is 2. The van der Waals surface area contributed by atoms with Crippen molar-refractivity contribution in [3.05, 3.63) is 47.8 Å². The van der Waals surface area contributed by atoms with Gasteiger partial charge in [-0.3, -0.25) is 14.3 Å². The van der Waals surface area contributed by atoms with Gasteiger partial charge < -0.3 is 10.4 Å². The van der Waals surface area contributed by atoms with E-state index in [9.17, 15) is 9.59 Å². The summed E-state index contributed by atoms with van der Waals surface area (Å²) in [5.74, 6) is 0.291. The number of anilines is 1. The van der Waals surface area contributed by atoms with Crippen molar-refractivity contribution >= 4 is 29.3 Å². The van der Waals surface area contributed by atoms with E-state index in [0.717, 1.165) is 5.56 Å². The van der Waals surface area contributed by atoms with Crippen molar-refractivity contribution in [2.24, 2.45) is 7.05 Å². The Bertz CT molecular complexity index is 670. The number of aryl methyl sites for hydroxylation is 1. The highest BCUT2D eigenvalue weighted by molar-refractivity contribution is 7.98. The number of hydrogen-bond acceptors (Lipinski definition) is 4. The Morgan fingerprint density at radius 3 is 2.91 bits per heavy atom. The average molecular weight is 319 g/mol. The predicted molar refractivity (Wildman–Crippen MR) is 86.0 cm³/mol. The molecule has 6 nitrogen and oxygen atoms in total. The number of nitrogens with zero attached hydrogens (tertiary/aromatic N) is 2. The highest BCUT2D eigenvalue weighted by atomic mass is 32.2. The van der Waals surface area contributed by atoms with Gasteiger partial charge in [0.05, 0.1) is 18.2 Å². The van der Waals surface area contributed by atoms with Crippen molar-refractivity contribution in [1.29, 1.82) is 0 Å². The second-order valence-corrected chi connectivity index (χ2v) is 5.86. The maximum Gasteiger partial charge on any atom is 0.304 e. The molecule has 0 fully saturated rings. The van der Waals surface area contributed by atoms with Crippen LogP contribution in [0.5, 0.6) is 0 Å². The molecule has 0 atom stereocenters. The molecule has 1 aromatic carbocycles. The molecule has 0 aliphatic rings. The van der Waals surface area contributed by atoms with Crippen LogP contribution in [-0.2, 0) is 17.6 Å². The molecule has 22 heavy (non-hydrogen) atoms. The highest BCUT2D eigenvalue weighted by Crippen LogP contribution is 2.17. The van der Waals surface area contributed by atoms with Crippen LogP contribution in [0, 0.1) is 0 Å². The Labute approximate surface area is 132 Å². The van der Waals surface area contributed by atoms with Crippen molar-refractivity contribution in [1.82, 2.24) is 9.78 Å². The van der Waals surface area contributed by atoms with Crippen LogP contribution in [0.2, 0.25) is 0 Å². The van der Waals surface area contributed by atoms with Crippen molar-refractivity contribution in [2.75, 3.05) is 11.1 Å². The Balaban J connectivity index is 1.90. The molecule has 0 radical (unpaired) electrons. The van der Waals surface area contributed by atoms with Gasteiger partial charge in [-0.05, 0) is 17.7 Å². The van der Waals surface area contributed by atoms with Crippen LogP contribution < -0.4 is 5.32 Å². The lowest BCUT2D eigenvalue weighted by Gasteiger charge is -2.06. The van der Waals surface area contributed by atoms with Crippen LogP contribution in [0.1, 0.15) is 22.3 Å². The maximum atomic E-state index is 12.0. The van der Waals surface area contributed by atoms with Crippen LogP contribution in [-0.4, -0.2) is 32.5 Å². The molecule has 1 heterocycles. The van der Waals surface area contributed by atoms with E-state index in [-0.39, 0.29) is 12.3 Å². The maximum absolute atomic E-state index is 12.0. The second kappa shape index (κ2) is 7.65. The Morgan fingerprint density at radius 1 is 1.41 bits per heavy atom. The molecule has 0 bridgehead atoms. The summed E-state index contributed by atoms with van der Waals surface area (Å²) >= 11 is 1.56. The number of thioether (sulfide) groups is 1. The summed E-state index contributed by atoms with van der Waals surface area (Å²) in [6, 6.07) is 7.53. The van der Waals surface area contributed by atoms with Gasteiger partial charge in [-0.15, -0.1) is 0 Å². The van der Waals surface area contributed by atoms with E-state index >= 15 is 0 Å². The summed E-state index contributed by atoms with van der Waals surface area (Å²) in [5.41, 5.74) is 2.26. The van der Waals surface area contributed by atoms with E-state index in [1.807, 2.05) is 24.3 Å². The zero-order chi connectivity index (χ0) is 15.9. The van der Waals surface area contributed by atoms with Crippen molar-refractivity contribution in [2.45, 2.75) is 12.2 Å². The van der Waals surface area contributed by atoms with Gasteiger partial charge in [0.1, 0.15) is 0 Å². The Kier molecular flexibility index (Phi) is 5.60. The third kappa shape index (κ3) is 4.92. The predicted octanol–water partition coefficient (Wildman–Crippen LogP) is 2.38. The number of carboxylic acids is 1. The molecule has 1 aromatic heterocycles. The molecular formula is C15H17N3O3S. The number of benzene rings is 1. The van der Waals surface area contributed by atoms with Gasteiger partial charge in [0.15, 0.2) is 0 Å². The summed E-state index contributed by atoms with van der Waals surface area (Å²) in [7, 11) is 1.76. The van der Waals surface area contributed by atoms with E-state index in [0.29, 0.717) is 22.8 Å². The zero-order valence-corrected chi connectivity index (χ0v) is 13.0. The molecular weight excluding hydrogens is 302 g/mol.